The molecule has 1 saturated carbocycles. The van der Waals surface area contributed by atoms with Gasteiger partial charge in [-0.2, -0.15) is 0 Å². The quantitative estimate of drug-likeness (QED) is 0.802. The smallest absolute Gasteiger partial charge is 0.134 e. The Hall–Kier alpha value is -1.32. The van der Waals surface area contributed by atoms with Crippen LogP contribution in [0.2, 0.25) is 0 Å². The van der Waals surface area contributed by atoms with Crippen LogP contribution in [-0.4, -0.2) is 19.3 Å². The van der Waals surface area contributed by atoms with E-state index in [0.29, 0.717) is 6.10 Å². The van der Waals surface area contributed by atoms with Gasteiger partial charge in [0.2, 0.25) is 0 Å². The van der Waals surface area contributed by atoms with Gasteiger partial charge in [0.05, 0.1) is 18.8 Å². The maximum absolute atomic E-state index is 5.99. The van der Waals surface area contributed by atoms with Crippen LogP contribution >= 0.6 is 0 Å². The number of fused-ring (bicyclic) bond motifs is 1. The highest BCUT2D eigenvalue weighted by Gasteiger charge is 2.17. The third-order valence-electron chi connectivity index (χ3n) is 4.48. The van der Waals surface area contributed by atoms with Crippen molar-refractivity contribution in [2.24, 2.45) is 0 Å². The first-order valence-electron chi connectivity index (χ1n) is 8.08. The van der Waals surface area contributed by atoms with Crippen LogP contribution in [0.1, 0.15) is 50.0 Å². The topological polar surface area (TPSA) is 34.4 Å². The zero-order chi connectivity index (χ0) is 14.7. The van der Waals surface area contributed by atoms with E-state index in [2.05, 4.69) is 31.3 Å². The second-order valence-corrected chi connectivity index (χ2v) is 6.04. The predicted octanol–water partition coefficient (Wildman–Crippen LogP) is 4.35. The molecule has 1 atom stereocenters. The summed E-state index contributed by atoms with van der Waals surface area (Å²) in [5, 5.41) is 4.72. The number of aryl methyl sites for hydroxylation is 1. The summed E-state index contributed by atoms with van der Waals surface area (Å²) in [5.74, 6) is 1.04. The van der Waals surface area contributed by atoms with Gasteiger partial charge < -0.3 is 14.5 Å². The first kappa shape index (κ1) is 14.6. The average Bonchev–Trinajstić information content (AvgIpc) is 3.12. The fraction of sp³-hybridized carbons (Fsp3) is 0.556. The molecule has 1 aliphatic rings. The fourth-order valence-corrected chi connectivity index (χ4v) is 3.26. The summed E-state index contributed by atoms with van der Waals surface area (Å²) in [6, 6.07) is 8.43. The van der Waals surface area contributed by atoms with Crippen LogP contribution < -0.4 is 5.32 Å². The maximum Gasteiger partial charge on any atom is 0.134 e. The van der Waals surface area contributed by atoms with E-state index < -0.39 is 0 Å². The standard InChI is InChI=1S/C18H25NO2/c1-13-16-9-5-6-10-17(16)21-18(13)14(2)19-11-12-20-15-7-3-4-8-15/h5-6,9-10,14-15,19H,3-4,7-8,11-12H2,1-2H3. The van der Waals surface area contributed by atoms with Crippen LogP contribution in [-0.2, 0) is 4.74 Å². The van der Waals surface area contributed by atoms with Gasteiger partial charge >= 0.3 is 0 Å². The molecule has 0 saturated heterocycles. The minimum Gasteiger partial charge on any atom is -0.459 e. The summed E-state index contributed by atoms with van der Waals surface area (Å²) in [5.41, 5.74) is 2.21. The first-order valence-corrected chi connectivity index (χ1v) is 8.08. The zero-order valence-corrected chi connectivity index (χ0v) is 13.0. The monoisotopic (exact) mass is 287 g/mol. The van der Waals surface area contributed by atoms with E-state index in [4.69, 9.17) is 9.15 Å². The van der Waals surface area contributed by atoms with Gasteiger partial charge in [-0.25, -0.2) is 0 Å². The van der Waals surface area contributed by atoms with Crippen LogP contribution in [0, 0.1) is 6.92 Å². The summed E-state index contributed by atoms with van der Waals surface area (Å²) < 4.78 is 11.9. The Kier molecular flexibility index (Phi) is 4.61. The van der Waals surface area contributed by atoms with Gasteiger partial charge in [0.25, 0.3) is 0 Å². The summed E-state index contributed by atoms with van der Waals surface area (Å²) in [7, 11) is 0. The van der Waals surface area contributed by atoms with Crippen molar-refractivity contribution in [3.8, 4) is 0 Å². The lowest BCUT2D eigenvalue weighted by atomic mass is 10.1. The molecule has 0 bridgehead atoms. The van der Waals surface area contributed by atoms with E-state index >= 15 is 0 Å². The van der Waals surface area contributed by atoms with Crippen LogP contribution in [0.5, 0.6) is 0 Å². The number of furan rings is 1. The Morgan fingerprint density at radius 2 is 2.05 bits per heavy atom. The third kappa shape index (κ3) is 3.30. The molecule has 114 valence electrons. The molecule has 3 heteroatoms. The van der Waals surface area contributed by atoms with E-state index in [-0.39, 0.29) is 6.04 Å². The van der Waals surface area contributed by atoms with E-state index in [1.807, 2.05) is 12.1 Å². The molecule has 3 rings (SSSR count). The summed E-state index contributed by atoms with van der Waals surface area (Å²) in [6.45, 7) is 5.94. The molecule has 21 heavy (non-hydrogen) atoms. The van der Waals surface area contributed by atoms with E-state index in [0.717, 1.165) is 24.5 Å². The minimum atomic E-state index is 0.213. The van der Waals surface area contributed by atoms with E-state index in [1.54, 1.807) is 0 Å². The molecule has 1 aliphatic carbocycles. The van der Waals surface area contributed by atoms with Gasteiger partial charge in [0.15, 0.2) is 0 Å². The largest absolute Gasteiger partial charge is 0.459 e. The normalized spacial score (nSPS) is 17.6. The molecule has 0 spiro atoms. The molecule has 1 aromatic carbocycles. The molecule has 1 unspecified atom stereocenters. The molecule has 2 aromatic rings. The summed E-state index contributed by atoms with van der Waals surface area (Å²) in [6.07, 6.45) is 5.62. The Morgan fingerprint density at radius 3 is 2.81 bits per heavy atom. The minimum absolute atomic E-state index is 0.213. The number of hydrogen-bond donors (Lipinski definition) is 1. The molecule has 1 N–H and O–H groups in total. The van der Waals surface area contributed by atoms with Crippen LogP contribution in [0.15, 0.2) is 28.7 Å². The van der Waals surface area contributed by atoms with Crippen molar-refractivity contribution in [2.75, 3.05) is 13.2 Å². The van der Waals surface area contributed by atoms with Gasteiger partial charge in [-0.05, 0) is 38.3 Å². The lowest BCUT2D eigenvalue weighted by Crippen LogP contribution is -2.25. The number of nitrogens with one attached hydrogen (secondary N) is 1. The molecular weight excluding hydrogens is 262 g/mol. The molecule has 0 amide bonds. The predicted molar refractivity (Wildman–Crippen MR) is 85.6 cm³/mol. The second-order valence-electron chi connectivity index (χ2n) is 6.04. The average molecular weight is 287 g/mol. The van der Waals surface area contributed by atoms with Crippen molar-refractivity contribution in [3.05, 3.63) is 35.6 Å². The molecule has 0 aliphatic heterocycles. The van der Waals surface area contributed by atoms with Crippen molar-refractivity contribution in [2.45, 2.75) is 51.7 Å². The molecule has 3 nitrogen and oxygen atoms in total. The lowest BCUT2D eigenvalue weighted by Gasteiger charge is -2.15. The highest BCUT2D eigenvalue weighted by atomic mass is 16.5. The highest BCUT2D eigenvalue weighted by molar-refractivity contribution is 5.82. The van der Waals surface area contributed by atoms with Crippen molar-refractivity contribution >= 4 is 11.0 Å². The van der Waals surface area contributed by atoms with Crippen LogP contribution in [0.3, 0.4) is 0 Å². The fourth-order valence-electron chi connectivity index (χ4n) is 3.26. The van der Waals surface area contributed by atoms with Crippen molar-refractivity contribution < 1.29 is 9.15 Å². The Bertz CT molecular complexity index is 584. The Balaban J connectivity index is 1.54. The molecule has 0 radical (unpaired) electrons. The van der Waals surface area contributed by atoms with Gasteiger partial charge in [-0.3, -0.25) is 0 Å². The number of benzene rings is 1. The van der Waals surface area contributed by atoms with Gasteiger partial charge in [-0.15, -0.1) is 0 Å². The number of hydrogen-bond acceptors (Lipinski definition) is 3. The first-order chi connectivity index (χ1) is 10.3. The Labute approximate surface area is 126 Å². The van der Waals surface area contributed by atoms with Gasteiger partial charge in [0.1, 0.15) is 11.3 Å². The third-order valence-corrected chi connectivity index (χ3v) is 4.48. The van der Waals surface area contributed by atoms with Crippen LogP contribution in [0.25, 0.3) is 11.0 Å². The number of ether oxygens (including phenoxy) is 1. The SMILES string of the molecule is Cc1c(C(C)NCCOC2CCCC2)oc2ccccc12. The van der Waals surface area contributed by atoms with Crippen LogP contribution in [0.4, 0.5) is 0 Å². The van der Waals surface area contributed by atoms with Gasteiger partial charge in [0, 0.05) is 11.9 Å². The Morgan fingerprint density at radius 1 is 1.29 bits per heavy atom. The van der Waals surface area contributed by atoms with Crippen molar-refractivity contribution in [1.82, 2.24) is 5.32 Å². The molecular formula is C18H25NO2. The number of rotatable bonds is 6. The molecule has 1 heterocycles. The summed E-state index contributed by atoms with van der Waals surface area (Å²) >= 11 is 0. The van der Waals surface area contributed by atoms with Crippen molar-refractivity contribution in [1.29, 1.82) is 0 Å². The van der Waals surface area contributed by atoms with Crippen molar-refractivity contribution in [3.63, 3.8) is 0 Å². The zero-order valence-electron chi connectivity index (χ0n) is 13.0. The lowest BCUT2D eigenvalue weighted by molar-refractivity contribution is 0.0591. The molecule has 1 aromatic heterocycles. The summed E-state index contributed by atoms with van der Waals surface area (Å²) in [4.78, 5) is 0. The maximum atomic E-state index is 5.99. The number of para-hydroxylation sites is 1. The second kappa shape index (κ2) is 6.63. The van der Waals surface area contributed by atoms with E-state index in [9.17, 15) is 0 Å². The van der Waals surface area contributed by atoms with Gasteiger partial charge in [-0.1, -0.05) is 31.0 Å². The van der Waals surface area contributed by atoms with E-state index in [1.165, 1.54) is 36.6 Å². The molecule has 1 fully saturated rings. The highest BCUT2D eigenvalue weighted by Crippen LogP contribution is 2.29.